The molecule has 0 bridgehead atoms. The number of aryl methyl sites for hydroxylation is 1. The maximum absolute atomic E-state index is 12.1. The molecule has 5 nitrogen and oxygen atoms in total. The number of nitrogens with one attached hydrogen (secondary N) is 1. The van der Waals surface area contributed by atoms with Crippen molar-refractivity contribution < 1.29 is 26.8 Å². The minimum absolute atomic E-state index is 0. The van der Waals surface area contributed by atoms with Crippen molar-refractivity contribution in [1.82, 2.24) is 4.90 Å². The number of carbonyl (C=O) groups excluding carboxylic acids is 1. The highest BCUT2D eigenvalue weighted by molar-refractivity contribution is 5.91. The molecule has 118 valence electrons. The highest BCUT2D eigenvalue weighted by Crippen LogP contribution is 2.21. The molecule has 0 spiro atoms. The molecule has 21 heavy (non-hydrogen) atoms. The van der Waals surface area contributed by atoms with E-state index in [1.54, 1.807) is 12.1 Å². The summed E-state index contributed by atoms with van der Waals surface area (Å²) in [6, 6.07) is 5.21. The predicted octanol–water partition coefficient (Wildman–Crippen LogP) is -1.96. The Balaban J connectivity index is 0.00000220. The third-order valence-electron chi connectivity index (χ3n) is 4.06. The van der Waals surface area contributed by atoms with Crippen LogP contribution >= 0.6 is 0 Å². The van der Waals surface area contributed by atoms with E-state index in [-0.39, 0.29) is 24.1 Å². The third kappa shape index (κ3) is 4.88. The van der Waals surface area contributed by atoms with E-state index in [1.165, 1.54) is 0 Å². The first-order valence-electron chi connectivity index (χ1n) is 6.99. The molecule has 0 unspecified atom stereocenters. The largest absolute Gasteiger partial charge is 1.00 e. The first kappa shape index (κ1) is 17.8. The highest BCUT2D eigenvalue weighted by atomic mass is 35.5. The number of piperazine rings is 1. The van der Waals surface area contributed by atoms with Crippen LogP contribution in [0.1, 0.15) is 5.56 Å². The molecule has 1 aromatic rings. The van der Waals surface area contributed by atoms with Crippen LogP contribution in [-0.4, -0.2) is 67.2 Å². The lowest BCUT2D eigenvalue weighted by molar-refractivity contribution is -0.905. The molecule has 1 aliphatic rings. The molecule has 1 saturated heterocycles. The van der Waals surface area contributed by atoms with Crippen LogP contribution in [-0.2, 0) is 4.79 Å². The van der Waals surface area contributed by atoms with Gasteiger partial charge in [-0.15, -0.1) is 0 Å². The van der Waals surface area contributed by atoms with Gasteiger partial charge in [0.1, 0.15) is 5.75 Å². The molecule has 1 aliphatic heterocycles. The number of benzene rings is 1. The Morgan fingerprint density at radius 1 is 1.38 bits per heavy atom. The Kier molecular flexibility index (Phi) is 6.01. The van der Waals surface area contributed by atoms with Gasteiger partial charge in [0.05, 0.1) is 20.1 Å². The molecule has 0 atom stereocenters. The van der Waals surface area contributed by atoms with Crippen molar-refractivity contribution in [3.8, 4) is 5.75 Å². The van der Waals surface area contributed by atoms with E-state index in [2.05, 4.69) is 24.3 Å². The first-order valence-corrected chi connectivity index (χ1v) is 6.99. The molecule has 2 rings (SSSR count). The summed E-state index contributed by atoms with van der Waals surface area (Å²) in [6.07, 6.45) is 0. The van der Waals surface area contributed by atoms with Crippen molar-refractivity contribution >= 4 is 11.6 Å². The van der Waals surface area contributed by atoms with Crippen LogP contribution in [0.2, 0.25) is 0 Å². The number of rotatable bonds is 3. The SMILES string of the molecule is Cc1ccc(NC(=O)C[N+]2(C)CCN(C)CC2)cc1O.[Cl-]. The molecule has 6 heteroatoms. The Morgan fingerprint density at radius 2 is 2.00 bits per heavy atom. The zero-order chi connectivity index (χ0) is 14.8. The van der Waals surface area contributed by atoms with Crippen molar-refractivity contribution in [3.05, 3.63) is 23.8 Å². The van der Waals surface area contributed by atoms with E-state index in [0.29, 0.717) is 12.2 Å². The van der Waals surface area contributed by atoms with E-state index < -0.39 is 0 Å². The van der Waals surface area contributed by atoms with E-state index in [1.807, 2.05) is 13.0 Å². The molecular weight excluding hydrogens is 290 g/mol. The minimum atomic E-state index is 0. The average molecular weight is 314 g/mol. The van der Waals surface area contributed by atoms with Crippen LogP contribution in [0.15, 0.2) is 18.2 Å². The van der Waals surface area contributed by atoms with Crippen LogP contribution in [0.5, 0.6) is 5.75 Å². The third-order valence-corrected chi connectivity index (χ3v) is 4.06. The first-order chi connectivity index (χ1) is 9.38. The fourth-order valence-corrected chi connectivity index (χ4v) is 2.44. The number of nitrogens with zero attached hydrogens (tertiary/aromatic N) is 2. The number of hydrogen-bond acceptors (Lipinski definition) is 3. The second-order valence-electron chi connectivity index (χ2n) is 6.08. The van der Waals surface area contributed by atoms with Gasteiger partial charge in [0, 0.05) is 24.8 Å². The zero-order valence-corrected chi connectivity index (χ0v) is 13.7. The number of anilines is 1. The van der Waals surface area contributed by atoms with E-state index in [9.17, 15) is 9.90 Å². The van der Waals surface area contributed by atoms with Gasteiger partial charge in [0.15, 0.2) is 6.54 Å². The van der Waals surface area contributed by atoms with Gasteiger partial charge in [-0.1, -0.05) is 6.07 Å². The number of halogens is 1. The zero-order valence-electron chi connectivity index (χ0n) is 12.9. The van der Waals surface area contributed by atoms with Crippen molar-refractivity contribution in [3.63, 3.8) is 0 Å². The average Bonchev–Trinajstić information content (AvgIpc) is 2.38. The van der Waals surface area contributed by atoms with Crippen LogP contribution < -0.4 is 17.7 Å². The summed E-state index contributed by atoms with van der Waals surface area (Å²) in [5.74, 6) is 0.211. The molecule has 2 N–H and O–H groups in total. The van der Waals surface area contributed by atoms with Gasteiger partial charge in [-0.3, -0.25) is 9.69 Å². The molecule has 0 aliphatic carbocycles. The topological polar surface area (TPSA) is 52.6 Å². The van der Waals surface area contributed by atoms with E-state index in [4.69, 9.17) is 0 Å². The number of phenolic OH excluding ortho intramolecular Hbond substituents is 1. The van der Waals surface area contributed by atoms with Crippen molar-refractivity contribution in [2.45, 2.75) is 6.92 Å². The number of likely N-dealkylation sites (N-methyl/N-ethyl adjacent to an activating group) is 2. The number of phenols is 1. The number of carbonyl (C=O) groups is 1. The van der Waals surface area contributed by atoms with Crippen molar-refractivity contribution in [1.29, 1.82) is 0 Å². The lowest BCUT2D eigenvalue weighted by atomic mass is 10.2. The Bertz CT molecular complexity index is 500. The summed E-state index contributed by atoms with van der Waals surface area (Å²) in [6.45, 7) is 6.33. The smallest absolute Gasteiger partial charge is 0.279 e. The van der Waals surface area contributed by atoms with Crippen LogP contribution in [0.25, 0.3) is 0 Å². The molecule has 0 radical (unpaired) electrons. The molecule has 1 heterocycles. The van der Waals surface area contributed by atoms with Gasteiger partial charge < -0.3 is 27.3 Å². The lowest BCUT2D eigenvalue weighted by Gasteiger charge is -2.40. The summed E-state index contributed by atoms with van der Waals surface area (Å²) in [4.78, 5) is 14.4. The minimum Gasteiger partial charge on any atom is -1.00 e. The summed E-state index contributed by atoms with van der Waals surface area (Å²) in [5, 5.41) is 12.5. The highest BCUT2D eigenvalue weighted by Gasteiger charge is 2.29. The monoisotopic (exact) mass is 313 g/mol. The number of aromatic hydroxyl groups is 1. The second kappa shape index (κ2) is 7.11. The number of hydrogen-bond donors (Lipinski definition) is 2. The Hall–Kier alpha value is -1.30. The standard InChI is InChI=1S/C15H23N3O2.ClH/c1-12-4-5-13(10-14(12)19)16-15(20)11-18(3)8-6-17(2)7-9-18;/h4-5,10H,6-9,11H2,1-3H3,(H-,16,19,20);1H. The van der Waals surface area contributed by atoms with Crippen LogP contribution in [0.4, 0.5) is 5.69 Å². The fraction of sp³-hybridized carbons (Fsp3) is 0.533. The quantitative estimate of drug-likeness (QED) is 0.637. The van der Waals surface area contributed by atoms with Gasteiger partial charge in [-0.25, -0.2) is 0 Å². The molecule has 1 aromatic carbocycles. The Morgan fingerprint density at radius 3 is 2.57 bits per heavy atom. The predicted molar refractivity (Wildman–Crippen MR) is 79.8 cm³/mol. The van der Waals surface area contributed by atoms with E-state index in [0.717, 1.165) is 36.2 Å². The fourth-order valence-electron chi connectivity index (χ4n) is 2.44. The molecule has 1 amide bonds. The summed E-state index contributed by atoms with van der Waals surface area (Å²) in [5.41, 5.74) is 1.46. The van der Waals surface area contributed by atoms with Crippen LogP contribution in [0.3, 0.4) is 0 Å². The maximum Gasteiger partial charge on any atom is 0.279 e. The summed E-state index contributed by atoms with van der Waals surface area (Å²) < 4.78 is 0.772. The van der Waals surface area contributed by atoms with Gasteiger partial charge in [0.2, 0.25) is 0 Å². The van der Waals surface area contributed by atoms with Crippen molar-refractivity contribution in [2.24, 2.45) is 0 Å². The normalized spacial score (nSPS) is 17.9. The molecule has 1 fully saturated rings. The Labute approximate surface area is 132 Å². The van der Waals surface area contributed by atoms with Crippen molar-refractivity contribution in [2.75, 3.05) is 52.1 Å². The maximum atomic E-state index is 12.1. The van der Waals surface area contributed by atoms with Gasteiger partial charge in [-0.2, -0.15) is 0 Å². The number of quaternary nitrogens is 1. The second-order valence-corrected chi connectivity index (χ2v) is 6.08. The molecule has 0 saturated carbocycles. The summed E-state index contributed by atoms with van der Waals surface area (Å²) in [7, 11) is 4.23. The summed E-state index contributed by atoms with van der Waals surface area (Å²) >= 11 is 0. The van der Waals surface area contributed by atoms with Gasteiger partial charge in [-0.05, 0) is 25.6 Å². The molecule has 0 aromatic heterocycles. The van der Waals surface area contributed by atoms with Gasteiger partial charge in [0.25, 0.3) is 5.91 Å². The molecular formula is C15H24ClN3O2. The number of amides is 1. The van der Waals surface area contributed by atoms with Crippen LogP contribution in [0, 0.1) is 6.92 Å². The lowest BCUT2D eigenvalue weighted by Crippen LogP contribution is -3.00. The van der Waals surface area contributed by atoms with E-state index >= 15 is 0 Å². The van der Waals surface area contributed by atoms with Gasteiger partial charge >= 0.3 is 0 Å².